The van der Waals surface area contributed by atoms with Gasteiger partial charge in [0.15, 0.2) is 11.5 Å². The van der Waals surface area contributed by atoms with Crippen LogP contribution in [-0.2, 0) is 6.18 Å². The molecule has 1 aliphatic carbocycles. The fraction of sp³-hybridized carbons (Fsp3) is 0.414. The number of rotatable bonds is 6. The zero-order valence-electron chi connectivity index (χ0n) is 22.0. The minimum absolute atomic E-state index is 0.148. The summed E-state index contributed by atoms with van der Waals surface area (Å²) in [5.41, 5.74) is -0.288. The van der Waals surface area contributed by atoms with Gasteiger partial charge in [0.25, 0.3) is 5.91 Å². The minimum atomic E-state index is -4.50. The van der Waals surface area contributed by atoms with Gasteiger partial charge in [-0.1, -0.05) is 18.2 Å². The second-order valence-corrected chi connectivity index (χ2v) is 11.3. The van der Waals surface area contributed by atoms with Crippen LogP contribution in [0.15, 0.2) is 42.5 Å². The van der Waals surface area contributed by atoms with E-state index in [9.17, 15) is 22.8 Å². The fourth-order valence-electron chi connectivity index (χ4n) is 5.10. The average molecular weight is 588 g/mol. The second kappa shape index (κ2) is 11.2. The number of thiazole rings is 1. The third kappa shape index (κ3) is 5.97. The van der Waals surface area contributed by atoms with Crippen molar-refractivity contribution in [1.29, 1.82) is 0 Å². The molecule has 2 aromatic carbocycles. The summed E-state index contributed by atoms with van der Waals surface area (Å²) in [4.78, 5) is 33.4. The zero-order valence-corrected chi connectivity index (χ0v) is 22.9. The first-order valence-electron chi connectivity index (χ1n) is 13.6. The Balaban J connectivity index is 1.20. The number of nitrogens with zero attached hydrogens (tertiary/aromatic N) is 2. The number of piperidine rings is 1. The van der Waals surface area contributed by atoms with E-state index in [0.717, 1.165) is 42.8 Å². The van der Waals surface area contributed by atoms with E-state index in [-0.39, 0.29) is 35.9 Å². The van der Waals surface area contributed by atoms with Gasteiger partial charge in [0.2, 0.25) is 5.75 Å². The molecule has 1 atom stereocenters. The molecule has 0 radical (unpaired) electrons. The van der Waals surface area contributed by atoms with Crippen molar-refractivity contribution in [3.8, 4) is 27.7 Å². The average Bonchev–Trinajstić information content (AvgIpc) is 3.74. The summed E-state index contributed by atoms with van der Waals surface area (Å²) in [7, 11) is 0. The maximum Gasteiger partial charge on any atom is 0.416 e. The molecule has 0 bridgehead atoms. The molecule has 6 rings (SSSR count). The predicted molar refractivity (Wildman–Crippen MR) is 145 cm³/mol. The molecule has 3 aromatic rings. The Labute approximate surface area is 238 Å². The lowest BCUT2D eigenvalue weighted by atomic mass is 10.0. The van der Waals surface area contributed by atoms with E-state index in [2.05, 4.69) is 10.3 Å². The zero-order chi connectivity index (χ0) is 28.6. The smallest absolute Gasteiger partial charge is 0.416 e. The third-order valence-corrected chi connectivity index (χ3v) is 8.59. The monoisotopic (exact) mass is 587 g/mol. The predicted octanol–water partition coefficient (Wildman–Crippen LogP) is 6.26. The normalized spacial score (nSPS) is 18.6. The molecule has 8 nitrogen and oxygen atoms in total. The Bertz CT molecular complexity index is 1460. The van der Waals surface area contributed by atoms with E-state index in [1.54, 1.807) is 29.2 Å². The Morgan fingerprint density at radius 2 is 1.88 bits per heavy atom. The SMILES string of the molecule is O=C(NC[C@@H]1CCCCN1C(=O)c1nc(C2CC2)sc1-c1cccc(C(F)(F)F)c1)Oc1cccc2c1OCCO2. The van der Waals surface area contributed by atoms with Gasteiger partial charge in [0.05, 0.1) is 15.4 Å². The number of likely N-dealkylation sites (tertiary alicyclic amines) is 1. The number of hydrogen-bond donors (Lipinski definition) is 1. The highest BCUT2D eigenvalue weighted by Crippen LogP contribution is 2.46. The molecule has 12 heteroatoms. The quantitative estimate of drug-likeness (QED) is 0.366. The van der Waals surface area contributed by atoms with Crippen molar-refractivity contribution < 1.29 is 37.0 Å². The van der Waals surface area contributed by atoms with E-state index in [4.69, 9.17) is 14.2 Å². The maximum absolute atomic E-state index is 13.9. The number of nitrogens with one attached hydrogen (secondary N) is 1. The van der Waals surface area contributed by atoms with Crippen molar-refractivity contribution >= 4 is 23.3 Å². The topological polar surface area (TPSA) is 90.0 Å². The molecule has 0 spiro atoms. The van der Waals surface area contributed by atoms with Crippen LogP contribution in [0.4, 0.5) is 18.0 Å². The third-order valence-electron chi connectivity index (χ3n) is 7.33. The number of carbonyl (C=O) groups is 2. The van der Waals surface area contributed by atoms with Crippen LogP contribution < -0.4 is 19.5 Å². The molecule has 2 amide bonds. The molecule has 1 aromatic heterocycles. The van der Waals surface area contributed by atoms with Crippen molar-refractivity contribution in [1.82, 2.24) is 15.2 Å². The Kier molecular flexibility index (Phi) is 7.50. The molecule has 2 fully saturated rings. The lowest BCUT2D eigenvalue weighted by Gasteiger charge is -2.35. The van der Waals surface area contributed by atoms with Crippen LogP contribution >= 0.6 is 11.3 Å². The maximum atomic E-state index is 13.9. The number of aromatic nitrogens is 1. The van der Waals surface area contributed by atoms with Gasteiger partial charge in [0.1, 0.15) is 18.9 Å². The van der Waals surface area contributed by atoms with Crippen LogP contribution in [0.5, 0.6) is 17.2 Å². The van der Waals surface area contributed by atoms with Gasteiger partial charge >= 0.3 is 12.3 Å². The van der Waals surface area contributed by atoms with Crippen molar-refractivity contribution in [3.05, 3.63) is 58.7 Å². The summed E-state index contributed by atoms with van der Waals surface area (Å²) in [6, 6.07) is 9.73. The van der Waals surface area contributed by atoms with E-state index in [0.29, 0.717) is 48.1 Å². The van der Waals surface area contributed by atoms with E-state index in [1.165, 1.54) is 17.4 Å². The van der Waals surface area contributed by atoms with Gasteiger partial charge in [-0.3, -0.25) is 4.79 Å². The largest absolute Gasteiger partial charge is 0.486 e. The van der Waals surface area contributed by atoms with Crippen LogP contribution in [0.1, 0.15) is 59.1 Å². The van der Waals surface area contributed by atoms with Gasteiger partial charge < -0.3 is 24.4 Å². The summed E-state index contributed by atoms with van der Waals surface area (Å²) in [5, 5.41) is 3.53. The molecule has 216 valence electrons. The van der Waals surface area contributed by atoms with Crippen molar-refractivity contribution in [3.63, 3.8) is 0 Å². The van der Waals surface area contributed by atoms with Crippen LogP contribution in [0.3, 0.4) is 0 Å². The van der Waals surface area contributed by atoms with Crippen LogP contribution in [0.2, 0.25) is 0 Å². The van der Waals surface area contributed by atoms with Crippen molar-refractivity contribution in [2.45, 2.75) is 50.2 Å². The molecular formula is C29H28F3N3O5S. The molecule has 3 aliphatic rings. The number of halogens is 3. The number of para-hydroxylation sites is 1. The number of fused-ring (bicyclic) bond motifs is 1. The van der Waals surface area contributed by atoms with E-state index >= 15 is 0 Å². The van der Waals surface area contributed by atoms with Gasteiger partial charge in [-0.25, -0.2) is 9.78 Å². The molecule has 0 unspecified atom stereocenters. The summed E-state index contributed by atoms with van der Waals surface area (Å²) in [5.74, 6) is 0.981. The van der Waals surface area contributed by atoms with Crippen LogP contribution in [-0.4, -0.2) is 54.2 Å². The number of carbonyl (C=O) groups excluding carboxylic acids is 2. The summed E-state index contributed by atoms with van der Waals surface area (Å²) in [6.07, 6.45) is -0.998. The Hall–Kier alpha value is -3.80. The first-order valence-corrected chi connectivity index (χ1v) is 14.4. The molecule has 41 heavy (non-hydrogen) atoms. The summed E-state index contributed by atoms with van der Waals surface area (Å²) in [6.45, 7) is 1.35. The lowest BCUT2D eigenvalue weighted by Crippen LogP contribution is -2.50. The Morgan fingerprint density at radius 1 is 1.07 bits per heavy atom. The fourth-order valence-corrected chi connectivity index (χ4v) is 6.32. The number of ether oxygens (including phenoxy) is 3. The minimum Gasteiger partial charge on any atom is -0.486 e. The summed E-state index contributed by atoms with van der Waals surface area (Å²) < 4.78 is 57.0. The lowest BCUT2D eigenvalue weighted by molar-refractivity contribution is -0.137. The molecule has 2 aliphatic heterocycles. The number of alkyl halides is 3. The van der Waals surface area contributed by atoms with Crippen molar-refractivity contribution in [2.75, 3.05) is 26.3 Å². The molecule has 1 N–H and O–H groups in total. The van der Waals surface area contributed by atoms with Gasteiger partial charge in [-0.15, -0.1) is 11.3 Å². The van der Waals surface area contributed by atoms with Crippen molar-refractivity contribution in [2.24, 2.45) is 0 Å². The summed E-state index contributed by atoms with van der Waals surface area (Å²) >= 11 is 1.29. The first-order chi connectivity index (χ1) is 19.8. The van der Waals surface area contributed by atoms with Gasteiger partial charge in [-0.2, -0.15) is 13.2 Å². The number of hydrogen-bond acceptors (Lipinski definition) is 7. The molecule has 1 saturated heterocycles. The molecule has 1 saturated carbocycles. The highest BCUT2D eigenvalue weighted by molar-refractivity contribution is 7.15. The highest BCUT2D eigenvalue weighted by atomic mass is 32.1. The highest BCUT2D eigenvalue weighted by Gasteiger charge is 2.36. The van der Waals surface area contributed by atoms with E-state index in [1.807, 2.05) is 0 Å². The number of benzene rings is 2. The first kappa shape index (κ1) is 27.4. The standard InChI is InChI=1S/C29H28F3N3O5S/c30-29(31,32)19-6-3-5-18(15-19)25-23(34-26(41-25)17-10-11-17)27(36)35-12-2-1-7-20(35)16-33-28(37)40-22-9-4-8-21-24(22)39-14-13-38-21/h3-6,8-9,15,17,20H,1-2,7,10-14,16H2,(H,33,37)/t20-/m0/s1. The van der Waals surface area contributed by atoms with Gasteiger partial charge in [0, 0.05) is 25.0 Å². The molecular weight excluding hydrogens is 559 g/mol. The van der Waals surface area contributed by atoms with Crippen LogP contribution in [0, 0.1) is 0 Å². The second-order valence-electron chi connectivity index (χ2n) is 10.3. The Morgan fingerprint density at radius 3 is 2.68 bits per heavy atom. The van der Waals surface area contributed by atoms with Gasteiger partial charge in [-0.05, 0) is 61.9 Å². The van der Waals surface area contributed by atoms with E-state index < -0.39 is 17.8 Å². The number of amides is 2. The molecule has 3 heterocycles. The van der Waals surface area contributed by atoms with Crippen LogP contribution in [0.25, 0.3) is 10.4 Å².